The lowest BCUT2D eigenvalue weighted by atomic mass is 10.2. The Morgan fingerprint density at radius 3 is 2.29 bits per heavy atom. The molecule has 0 aliphatic carbocycles. The van der Waals surface area contributed by atoms with E-state index in [9.17, 15) is 19.2 Å². The molecular formula is C22H19N3O5S. The number of carbonyl (C=O) groups is 4. The van der Waals surface area contributed by atoms with E-state index in [-0.39, 0.29) is 24.7 Å². The molecule has 0 unspecified atom stereocenters. The fourth-order valence-electron chi connectivity index (χ4n) is 3.48. The lowest BCUT2D eigenvalue weighted by Gasteiger charge is -2.13. The number of thiazole rings is 1. The average molecular weight is 437 g/mol. The Balaban J connectivity index is 1.67. The van der Waals surface area contributed by atoms with Crippen molar-refractivity contribution in [1.82, 2.24) is 4.57 Å². The van der Waals surface area contributed by atoms with Crippen LogP contribution in [0.2, 0.25) is 0 Å². The number of hydrogen-bond donors (Lipinski definition) is 0. The van der Waals surface area contributed by atoms with E-state index in [0.29, 0.717) is 28.2 Å². The predicted molar refractivity (Wildman–Crippen MR) is 115 cm³/mol. The molecule has 1 aliphatic rings. The summed E-state index contributed by atoms with van der Waals surface area (Å²) in [6.07, 6.45) is 0.408. The van der Waals surface area contributed by atoms with Crippen molar-refractivity contribution in [2.24, 2.45) is 4.99 Å². The second-order valence-electron chi connectivity index (χ2n) is 6.89. The van der Waals surface area contributed by atoms with Gasteiger partial charge in [-0.1, -0.05) is 11.3 Å². The molecule has 158 valence electrons. The van der Waals surface area contributed by atoms with Crippen LogP contribution in [-0.2, 0) is 20.9 Å². The fourth-order valence-corrected chi connectivity index (χ4v) is 4.61. The van der Waals surface area contributed by atoms with E-state index in [1.807, 2.05) is 17.6 Å². The molecule has 0 spiro atoms. The Labute approximate surface area is 181 Å². The van der Waals surface area contributed by atoms with Gasteiger partial charge in [0.2, 0.25) is 11.8 Å². The first kappa shape index (κ1) is 20.7. The Kier molecular flexibility index (Phi) is 5.51. The zero-order chi connectivity index (χ0) is 22.1. The fraction of sp³-hybridized carbons (Fsp3) is 0.227. The Hall–Kier alpha value is -3.59. The second-order valence-corrected chi connectivity index (χ2v) is 7.90. The summed E-state index contributed by atoms with van der Waals surface area (Å²) in [4.78, 5) is 54.2. The first-order valence-corrected chi connectivity index (χ1v) is 10.5. The number of imide groups is 1. The molecule has 0 radical (unpaired) electrons. The molecule has 3 aromatic rings. The Morgan fingerprint density at radius 2 is 1.68 bits per heavy atom. The molecule has 0 saturated carbocycles. The number of carbonyl (C=O) groups excluding carboxylic acids is 4. The van der Waals surface area contributed by atoms with Crippen LogP contribution >= 0.6 is 11.3 Å². The van der Waals surface area contributed by atoms with Crippen LogP contribution in [-0.4, -0.2) is 35.4 Å². The number of fused-ring (bicyclic) bond motifs is 1. The maximum Gasteiger partial charge on any atom is 0.337 e. The molecule has 9 heteroatoms. The highest BCUT2D eigenvalue weighted by molar-refractivity contribution is 7.16. The summed E-state index contributed by atoms with van der Waals surface area (Å²) in [7, 11) is 1.33. The van der Waals surface area contributed by atoms with Crippen molar-refractivity contribution in [1.29, 1.82) is 0 Å². The molecule has 1 fully saturated rings. The van der Waals surface area contributed by atoms with E-state index in [1.165, 1.54) is 18.4 Å². The molecule has 2 aromatic carbocycles. The predicted octanol–water partition coefficient (Wildman–Crippen LogP) is 2.90. The molecule has 1 saturated heterocycles. The van der Waals surface area contributed by atoms with Crippen LogP contribution in [0, 0.1) is 0 Å². The molecule has 0 N–H and O–H groups in total. The quantitative estimate of drug-likeness (QED) is 0.462. The van der Waals surface area contributed by atoms with Gasteiger partial charge in [0.25, 0.3) is 5.91 Å². The van der Waals surface area contributed by atoms with E-state index in [4.69, 9.17) is 4.74 Å². The summed E-state index contributed by atoms with van der Waals surface area (Å²) >= 11 is 1.31. The topological polar surface area (TPSA) is 98.0 Å². The van der Waals surface area contributed by atoms with Crippen molar-refractivity contribution < 1.29 is 23.9 Å². The molecule has 2 heterocycles. The van der Waals surface area contributed by atoms with E-state index >= 15 is 0 Å². The van der Waals surface area contributed by atoms with Crippen LogP contribution < -0.4 is 9.70 Å². The van der Waals surface area contributed by atoms with Crippen LogP contribution in [0.4, 0.5) is 5.69 Å². The highest BCUT2D eigenvalue weighted by Gasteiger charge is 2.30. The molecule has 1 aliphatic heterocycles. The van der Waals surface area contributed by atoms with Gasteiger partial charge in [-0.3, -0.25) is 19.3 Å². The molecular weight excluding hydrogens is 418 g/mol. The normalized spacial score (nSPS) is 14.5. The largest absolute Gasteiger partial charge is 0.465 e. The van der Waals surface area contributed by atoms with Gasteiger partial charge in [-0.25, -0.2) is 4.79 Å². The minimum absolute atomic E-state index is 0.204. The van der Waals surface area contributed by atoms with Gasteiger partial charge in [0, 0.05) is 24.9 Å². The lowest BCUT2D eigenvalue weighted by molar-refractivity contribution is -0.121. The summed E-state index contributed by atoms with van der Waals surface area (Å²) < 4.78 is 7.48. The van der Waals surface area contributed by atoms with E-state index < -0.39 is 11.9 Å². The second kappa shape index (κ2) is 8.27. The van der Waals surface area contributed by atoms with Gasteiger partial charge in [-0.05, 0) is 49.4 Å². The first-order chi connectivity index (χ1) is 14.9. The molecule has 31 heavy (non-hydrogen) atoms. The molecule has 4 rings (SSSR count). The molecule has 8 nitrogen and oxygen atoms in total. The van der Waals surface area contributed by atoms with E-state index in [1.54, 1.807) is 36.4 Å². The van der Waals surface area contributed by atoms with Crippen molar-refractivity contribution in [2.45, 2.75) is 26.3 Å². The van der Waals surface area contributed by atoms with Crippen molar-refractivity contribution in [3.8, 4) is 0 Å². The van der Waals surface area contributed by atoms with Gasteiger partial charge in [-0.15, -0.1) is 0 Å². The maximum atomic E-state index is 12.7. The summed E-state index contributed by atoms with van der Waals surface area (Å²) in [6, 6.07) is 11.5. The minimum Gasteiger partial charge on any atom is -0.465 e. The van der Waals surface area contributed by atoms with Crippen molar-refractivity contribution >= 4 is 50.9 Å². The molecule has 0 bridgehead atoms. The highest BCUT2D eigenvalue weighted by Crippen LogP contribution is 2.23. The van der Waals surface area contributed by atoms with E-state index in [0.717, 1.165) is 15.1 Å². The van der Waals surface area contributed by atoms with Gasteiger partial charge < -0.3 is 9.30 Å². The van der Waals surface area contributed by atoms with Gasteiger partial charge in [0.05, 0.1) is 28.6 Å². The first-order valence-electron chi connectivity index (χ1n) is 9.69. The number of nitrogens with zero attached hydrogens (tertiary/aromatic N) is 3. The van der Waals surface area contributed by atoms with E-state index in [2.05, 4.69) is 4.99 Å². The monoisotopic (exact) mass is 437 g/mol. The zero-order valence-corrected chi connectivity index (χ0v) is 17.8. The van der Waals surface area contributed by atoms with Crippen molar-refractivity contribution in [2.75, 3.05) is 12.0 Å². The summed E-state index contributed by atoms with van der Waals surface area (Å²) in [5, 5.41) is 0. The number of aryl methyl sites for hydroxylation is 1. The lowest BCUT2D eigenvalue weighted by Crippen LogP contribution is -2.28. The SMILES string of the molecule is CCn1c(=NC(=O)c2ccc(N3C(=O)CCC3=O)cc2)sc2cc(C(=O)OC)ccc21. The summed E-state index contributed by atoms with van der Waals surface area (Å²) in [6.45, 7) is 2.55. The highest BCUT2D eigenvalue weighted by atomic mass is 32.1. The Bertz CT molecular complexity index is 1270. The third-order valence-corrected chi connectivity index (χ3v) is 6.08. The minimum atomic E-state index is -0.437. The van der Waals surface area contributed by atoms with Crippen LogP contribution in [0.15, 0.2) is 47.5 Å². The van der Waals surface area contributed by atoms with Crippen molar-refractivity contribution in [3.05, 3.63) is 58.4 Å². The van der Waals surface area contributed by atoms with Crippen LogP contribution in [0.25, 0.3) is 10.2 Å². The Morgan fingerprint density at radius 1 is 1.03 bits per heavy atom. The number of amides is 3. The third kappa shape index (κ3) is 3.79. The zero-order valence-electron chi connectivity index (χ0n) is 17.0. The smallest absolute Gasteiger partial charge is 0.337 e. The maximum absolute atomic E-state index is 12.7. The molecule has 1 aromatic heterocycles. The van der Waals surface area contributed by atoms with Gasteiger partial charge in [-0.2, -0.15) is 4.99 Å². The average Bonchev–Trinajstić information content (AvgIpc) is 3.30. The number of ether oxygens (including phenoxy) is 1. The summed E-state index contributed by atoms with van der Waals surface area (Å²) in [5.74, 6) is -1.35. The van der Waals surface area contributed by atoms with Gasteiger partial charge in [0.15, 0.2) is 4.80 Å². The number of anilines is 1. The number of rotatable bonds is 4. The third-order valence-electron chi connectivity index (χ3n) is 5.04. The molecule has 3 amide bonds. The van der Waals surface area contributed by atoms with Crippen LogP contribution in [0.5, 0.6) is 0 Å². The number of esters is 1. The van der Waals surface area contributed by atoms with Crippen molar-refractivity contribution in [3.63, 3.8) is 0 Å². The number of aromatic nitrogens is 1. The number of hydrogen-bond acceptors (Lipinski definition) is 6. The number of methoxy groups -OCH3 is 1. The summed E-state index contributed by atoms with van der Waals surface area (Å²) in [5.41, 5.74) is 2.09. The van der Waals surface area contributed by atoms with Gasteiger partial charge >= 0.3 is 5.97 Å². The number of benzene rings is 2. The molecule has 0 atom stereocenters. The van der Waals surface area contributed by atoms with Crippen LogP contribution in [0.3, 0.4) is 0 Å². The van der Waals surface area contributed by atoms with Gasteiger partial charge in [0.1, 0.15) is 0 Å². The standard InChI is InChI=1S/C22H19N3O5S/c1-3-24-16-9-6-14(21(29)30-2)12-17(16)31-22(24)23-20(28)13-4-7-15(8-5-13)25-18(26)10-11-19(25)27/h4-9,12H,3,10-11H2,1-2H3. The van der Waals surface area contributed by atoms with Crippen LogP contribution in [0.1, 0.15) is 40.5 Å².